The van der Waals surface area contributed by atoms with Gasteiger partial charge in [0.15, 0.2) is 0 Å². The van der Waals surface area contributed by atoms with E-state index in [-0.39, 0.29) is 6.04 Å². The van der Waals surface area contributed by atoms with Crippen molar-refractivity contribution < 1.29 is 5.11 Å². The second kappa shape index (κ2) is 9.29. The van der Waals surface area contributed by atoms with Crippen LogP contribution in [0.15, 0.2) is 46.8 Å². The lowest BCUT2D eigenvalue weighted by Gasteiger charge is -2.44. The van der Waals surface area contributed by atoms with Gasteiger partial charge in [-0.3, -0.25) is 0 Å². The number of hydrogen-bond donors (Lipinski definition) is 4. The number of piperidine rings is 1. The molecular formula is C23H38N4O. The number of nitrogens with two attached hydrogens (primary N) is 1. The van der Waals surface area contributed by atoms with Gasteiger partial charge in [-0.05, 0) is 43.8 Å². The van der Waals surface area contributed by atoms with E-state index in [1.807, 2.05) is 0 Å². The van der Waals surface area contributed by atoms with E-state index in [1.165, 1.54) is 30.4 Å². The average Bonchev–Trinajstić information content (AvgIpc) is 2.67. The molecule has 0 spiro atoms. The average molecular weight is 387 g/mol. The minimum absolute atomic E-state index is 0.154. The first-order chi connectivity index (χ1) is 13.4. The van der Waals surface area contributed by atoms with Gasteiger partial charge in [0.1, 0.15) is 12.0 Å². The van der Waals surface area contributed by atoms with Crippen LogP contribution in [0.25, 0.3) is 0 Å². The molecule has 5 N–H and O–H groups in total. The first-order valence-electron chi connectivity index (χ1n) is 11.0. The largest absolute Gasteiger partial charge is 0.374 e. The van der Waals surface area contributed by atoms with Crippen molar-refractivity contribution in [2.45, 2.75) is 77.7 Å². The Morgan fingerprint density at radius 1 is 1.36 bits per heavy atom. The van der Waals surface area contributed by atoms with Crippen LogP contribution in [0.2, 0.25) is 0 Å². The SMILES string of the molecule is CCCC(CC)NC1CCN(C2=C(C(N)O)C=C3C=C(C)C=CC3N2)CC1C. The molecule has 0 aromatic carbocycles. The third-order valence-electron chi connectivity index (χ3n) is 6.31. The molecule has 3 aliphatic rings. The topological polar surface area (TPSA) is 73.5 Å². The Hall–Kier alpha value is -1.56. The summed E-state index contributed by atoms with van der Waals surface area (Å²) < 4.78 is 0. The van der Waals surface area contributed by atoms with Crippen LogP contribution < -0.4 is 16.4 Å². The van der Waals surface area contributed by atoms with E-state index >= 15 is 0 Å². The van der Waals surface area contributed by atoms with Crippen molar-refractivity contribution >= 4 is 0 Å². The van der Waals surface area contributed by atoms with Gasteiger partial charge in [0.25, 0.3) is 0 Å². The van der Waals surface area contributed by atoms with E-state index in [4.69, 9.17) is 5.73 Å². The van der Waals surface area contributed by atoms with Crippen LogP contribution in [-0.2, 0) is 0 Å². The Bertz CT molecular complexity index is 676. The van der Waals surface area contributed by atoms with Crippen LogP contribution in [0.3, 0.4) is 0 Å². The molecule has 0 saturated carbocycles. The van der Waals surface area contributed by atoms with Crippen LogP contribution in [0.5, 0.6) is 0 Å². The maximum Gasteiger partial charge on any atom is 0.132 e. The third kappa shape index (κ3) is 4.70. The molecule has 0 radical (unpaired) electrons. The number of likely N-dealkylation sites (tertiary alicyclic amines) is 1. The van der Waals surface area contributed by atoms with Crippen molar-refractivity contribution in [3.05, 3.63) is 46.8 Å². The van der Waals surface area contributed by atoms with Crippen LogP contribution in [0.1, 0.15) is 53.4 Å². The van der Waals surface area contributed by atoms with Gasteiger partial charge in [-0.15, -0.1) is 0 Å². The highest BCUT2D eigenvalue weighted by atomic mass is 16.3. The highest BCUT2D eigenvalue weighted by Crippen LogP contribution is 2.29. The maximum atomic E-state index is 10.2. The van der Waals surface area contributed by atoms with Gasteiger partial charge in [0, 0.05) is 30.7 Å². The lowest BCUT2D eigenvalue weighted by Crippen LogP contribution is -2.53. The minimum Gasteiger partial charge on any atom is -0.374 e. The molecule has 0 aromatic heterocycles. The van der Waals surface area contributed by atoms with Gasteiger partial charge in [0.2, 0.25) is 0 Å². The molecule has 156 valence electrons. The predicted molar refractivity (Wildman–Crippen MR) is 116 cm³/mol. The molecule has 0 amide bonds. The number of aliphatic hydroxyl groups is 1. The summed E-state index contributed by atoms with van der Waals surface area (Å²) in [5.74, 6) is 1.53. The van der Waals surface area contributed by atoms with E-state index in [1.54, 1.807) is 0 Å². The van der Waals surface area contributed by atoms with E-state index in [9.17, 15) is 5.11 Å². The molecule has 2 aliphatic heterocycles. The van der Waals surface area contributed by atoms with Crippen LogP contribution >= 0.6 is 0 Å². The van der Waals surface area contributed by atoms with Gasteiger partial charge in [-0.2, -0.15) is 0 Å². The highest BCUT2D eigenvalue weighted by Gasteiger charge is 2.32. The van der Waals surface area contributed by atoms with Crippen LogP contribution in [-0.4, -0.2) is 47.4 Å². The normalized spacial score (nSPS) is 29.6. The van der Waals surface area contributed by atoms with E-state index in [0.717, 1.165) is 30.9 Å². The Kier molecular flexibility index (Phi) is 7.02. The number of nitrogens with one attached hydrogen (secondary N) is 2. The van der Waals surface area contributed by atoms with Crippen molar-refractivity contribution in [3.8, 4) is 0 Å². The quantitative estimate of drug-likeness (QED) is 0.507. The molecule has 1 fully saturated rings. The zero-order valence-electron chi connectivity index (χ0n) is 17.9. The molecular weight excluding hydrogens is 348 g/mol. The fourth-order valence-electron chi connectivity index (χ4n) is 4.65. The third-order valence-corrected chi connectivity index (χ3v) is 6.31. The van der Waals surface area contributed by atoms with Crippen molar-refractivity contribution in [2.75, 3.05) is 13.1 Å². The molecule has 0 bridgehead atoms. The molecule has 3 rings (SSSR count). The van der Waals surface area contributed by atoms with Gasteiger partial charge < -0.3 is 26.4 Å². The zero-order valence-corrected chi connectivity index (χ0v) is 17.9. The molecule has 0 aromatic rings. The summed E-state index contributed by atoms with van der Waals surface area (Å²) in [7, 11) is 0. The molecule has 1 saturated heterocycles. The van der Waals surface area contributed by atoms with Gasteiger partial charge in [-0.25, -0.2) is 0 Å². The lowest BCUT2D eigenvalue weighted by atomic mass is 9.90. The predicted octanol–water partition coefficient (Wildman–Crippen LogP) is 2.77. The molecule has 5 heteroatoms. The number of hydrogen-bond acceptors (Lipinski definition) is 5. The highest BCUT2D eigenvalue weighted by molar-refractivity contribution is 5.49. The second-order valence-electron chi connectivity index (χ2n) is 8.64. The standard InChI is InChI=1S/C23H38N4O/c1-5-7-18(6-2)25-20-10-11-27(14-16(20)4)23-19(22(24)28)13-17-12-15(3)8-9-21(17)26-23/h8-9,12-13,16,18,20-22,25-26,28H,5-7,10-11,14,24H2,1-4H3. The smallest absolute Gasteiger partial charge is 0.132 e. The minimum atomic E-state index is -0.976. The fraction of sp³-hybridized carbons (Fsp3) is 0.652. The van der Waals surface area contributed by atoms with Crippen molar-refractivity contribution in [1.82, 2.24) is 15.5 Å². The van der Waals surface area contributed by atoms with Crippen molar-refractivity contribution in [2.24, 2.45) is 11.7 Å². The summed E-state index contributed by atoms with van der Waals surface area (Å²) in [5, 5.41) is 17.7. The summed E-state index contributed by atoms with van der Waals surface area (Å²) in [6.07, 6.45) is 12.4. The number of aliphatic hydroxyl groups excluding tert-OH is 1. The summed E-state index contributed by atoms with van der Waals surface area (Å²) in [6, 6.07) is 1.32. The Balaban J connectivity index is 1.74. The zero-order chi connectivity index (χ0) is 20.3. The maximum absolute atomic E-state index is 10.2. The fourth-order valence-corrected chi connectivity index (χ4v) is 4.65. The van der Waals surface area contributed by atoms with Gasteiger partial charge in [-0.1, -0.05) is 51.0 Å². The number of nitrogens with zero attached hydrogens (tertiary/aromatic N) is 1. The van der Waals surface area contributed by atoms with Crippen molar-refractivity contribution in [1.29, 1.82) is 0 Å². The van der Waals surface area contributed by atoms with Crippen LogP contribution in [0.4, 0.5) is 0 Å². The number of fused-ring (bicyclic) bond motifs is 1. The molecule has 1 aliphatic carbocycles. The molecule has 5 nitrogen and oxygen atoms in total. The van der Waals surface area contributed by atoms with Gasteiger partial charge >= 0.3 is 0 Å². The summed E-state index contributed by atoms with van der Waals surface area (Å²) in [4.78, 5) is 2.38. The van der Waals surface area contributed by atoms with Crippen LogP contribution in [0, 0.1) is 5.92 Å². The summed E-state index contributed by atoms with van der Waals surface area (Å²) >= 11 is 0. The summed E-state index contributed by atoms with van der Waals surface area (Å²) in [6.45, 7) is 10.9. The second-order valence-corrected chi connectivity index (χ2v) is 8.64. The number of rotatable bonds is 7. The molecule has 2 heterocycles. The first-order valence-corrected chi connectivity index (χ1v) is 11.0. The Labute approximate surface area is 170 Å². The monoisotopic (exact) mass is 386 g/mol. The number of dihydropyridines is 1. The molecule has 28 heavy (non-hydrogen) atoms. The molecule has 5 atom stereocenters. The first kappa shape index (κ1) is 21.2. The van der Waals surface area contributed by atoms with E-state index < -0.39 is 6.23 Å². The Morgan fingerprint density at radius 3 is 2.79 bits per heavy atom. The van der Waals surface area contributed by atoms with E-state index in [0.29, 0.717) is 18.0 Å². The van der Waals surface area contributed by atoms with Gasteiger partial charge in [0.05, 0.1) is 6.04 Å². The van der Waals surface area contributed by atoms with E-state index in [2.05, 4.69) is 67.5 Å². The number of allylic oxidation sites excluding steroid dienone is 2. The summed E-state index contributed by atoms with van der Waals surface area (Å²) in [5.41, 5.74) is 9.11. The Morgan fingerprint density at radius 2 is 2.14 bits per heavy atom. The lowest BCUT2D eigenvalue weighted by molar-refractivity contribution is 0.152. The molecule has 5 unspecified atom stereocenters. The van der Waals surface area contributed by atoms with Crippen molar-refractivity contribution in [3.63, 3.8) is 0 Å².